The Morgan fingerprint density at radius 2 is 1.56 bits per heavy atom. The molecule has 0 aliphatic heterocycles. The summed E-state index contributed by atoms with van der Waals surface area (Å²) in [6, 6.07) is 19.1. The molecule has 0 saturated carbocycles. The van der Waals surface area contributed by atoms with Gasteiger partial charge in [-0.15, -0.1) is 0 Å². The van der Waals surface area contributed by atoms with Crippen molar-refractivity contribution < 1.29 is 9.53 Å². The molecule has 7 heteroatoms. The minimum atomic E-state index is -0.320. The Hall–Kier alpha value is -3.32. The summed E-state index contributed by atoms with van der Waals surface area (Å²) < 4.78 is 5.32. The summed E-state index contributed by atoms with van der Waals surface area (Å²) >= 11 is 0. The fourth-order valence-corrected chi connectivity index (χ4v) is 2.26. The summed E-state index contributed by atoms with van der Waals surface area (Å²) in [6.45, 7) is 3.67. The van der Waals surface area contributed by atoms with Gasteiger partial charge >= 0.3 is 0 Å². The Morgan fingerprint density at radius 1 is 0.926 bits per heavy atom. The number of amides is 1. The van der Waals surface area contributed by atoms with Crippen LogP contribution in [0.2, 0.25) is 0 Å². The molecule has 0 spiro atoms. The quantitative estimate of drug-likeness (QED) is 0.666. The predicted octanol–water partition coefficient (Wildman–Crippen LogP) is 3.65. The normalized spacial score (nSPS) is 10.6. The van der Waals surface area contributed by atoms with Crippen molar-refractivity contribution in [3.8, 4) is 11.4 Å². The van der Waals surface area contributed by atoms with Gasteiger partial charge in [-0.1, -0.05) is 48.5 Å². The van der Waals surface area contributed by atoms with Gasteiger partial charge in [0.15, 0.2) is 5.82 Å². The zero-order valence-electron chi connectivity index (χ0n) is 15.2. The third-order valence-corrected chi connectivity index (χ3v) is 3.50. The van der Waals surface area contributed by atoms with E-state index in [4.69, 9.17) is 4.74 Å². The van der Waals surface area contributed by atoms with Crippen LogP contribution in [0.3, 0.4) is 0 Å². The van der Waals surface area contributed by atoms with E-state index < -0.39 is 0 Å². The van der Waals surface area contributed by atoms with E-state index >= 15 is 0 Å². The smallest absolute Gasteiger partial charge is 0.252 e. The van der Waals surface area contributed by atoms with Crippen LogP contribution in [0.4, 0.5) is 17.6 Å². The maximum Gasteiger partial charge on any atom is 0.252 e. The fraction of sp³-hybridized carbons (Fsp3) is 0.200. The van der Waals surface area contributed by atoms with E-state index in [0.29, 0.717) is 11.8 Å². The van der Waals surface area contributed by atoms with Crippen molar-refractivity contribution in [2.45, 2.75) is 20.0 Å². The number of carbonyl (C=O) groups excluding carboxylic acids is 1. The summed E-state index contributed by atoms with van der Waals surface area (Å²) in [5.41, 5.74) is 1.66. The van der Waals surface area contributed by atoms with E-state index in [1.165, 1.54) is 0 Å². The monoisotopic (exact) mass is 363 g/mol. The van der Waals surface area contributed by atoms with Gasteiger partial charge in [-0.25, -0.2) is 0 Å². The first kappa shape index (κ1) is 18.5. The van der Waals surface area contributed by atoms with Gasteiger partial charge in [0.05, 0.1) is 6.10 Å². The average molecular weight is 363 g/mol. The SMILES string of the molecule is CC(C)OCC(=O)Nc1nc(Nc2ccccc2)nc(-c2ccccc2)n1. The number of nitrogens with one attached hydrogen (secondary N) is 2. The summed E-state index contributed by atoms with van der Waals surface area (Å²) in [7, 11) is 0. The second kappa shape index (κ2) is 8.86. The van der Waals surface area contributed by atoms with Crippen LogP contribution in [0.1, 0.15) is 13.8 Å². The van der Waals surface area contributed by atoms with Crippen LogP contribution in [0, 0.1) is 0 Å². The zero-order valence-corrected chi connectivity index (χ0v) is 15.2. The molecule has 0 unspecified atom stereocenters. The van der Waals surface area contributed by atoms with Crippen LogP contribution in [-0.2, 0) is 9.53 Å². The Bertz CT molecular complexity index is 885. The third-order valence-electron chi connectivity index (χ3n) is 3.50. The highest BCUT2D eigenvalue weighted by Gasteiger charge is 2.12. The van der Waals surface area contributed by atoms with E-state index in [-0.39, 0.29) is 24.6 Å². The molecule has 7 nitrogen and oxygen atoms in total. The predicted molar refractivity (Wildman–Crippen MR) is 105 cm³/mol. The average Bonchev–Trinajstić information content (AvgIpc) is 2.68. The summed E-state index contributed by atoms with van der Waals surface area (Å²) in [6.07, 6.45) is -0.0377. The lowest BCUT2D eigenvalue weighted by atomic mass is 10.2. The van der Waals surface area contributed by atoms with Crippen LogP contribution < -0.4 is 10.6 Å². The zero-order chi connectivity index (χ0) is 19.1. The molecule has 138 valence electrons. The van der Waals surface area contributed by atoms with E-state index in [0.717, 1.165) is 11.3 Å². The second-order valence-electron chi connectivity index (χ2n) is 6.07. The van der Waals surface area contributed by atoms with Crippen molar-refractivity contribution in [3.63, 3.8) is 0 Å². The van der Waals surface area contributed by atoms with Crippen molar-refractivity contribution in [3.05, 3.63) is 60.7 Å². The topological polar surface area (TPSA) is 89.0 Å². The molecule has 3 aromatic rings. The lowest BCUT2D eigenvalue weighted by Crippen LogP contribution is -2.22. The molecule has 0 atom stereocenters. The molecule has 27 heavy (non-hydrogen) atoms. The van der Waals surface area contributed by atoms with Crippen molar-refractivity contribution in [2.75, 3.05) is 17.2 Å². The first-order chi connectivity index (χ1) is 13.1. The summed E-state index contributed by atoms with van der Waals surface area (Å²) in [5, 5.41) is 5.80. The molecular weight excluding hydrogens is 342 g/mol. The molecule has 0 fully saturated rings. The molecule has 1 amide bonds. The van der Waals surface area contributed by atoms with Gasteiger partial charge in [-0.2, -0.15) is 15.0 Å². The molecule has 1 heterocycles. The van der Waals surface area contributed by atoms with Gasteiger partial charge in [-0.05, 0) is 26.0 Å². The number of hydrogen-bond acceptors (Lipinski definition) is 6. The van der Waals surface area contributed by atoms with Crippen LogP contribution in [0.25, 0.3) is 11.4 Å². The van der Waals surface area contributed by atoms with Crippen LogP contribution >= 0.6 is 0 Å². The molecule has 0 bridgehead atoms. The van der Waals surface area contributed by atoms with Gasteiger partial charge in [0.2, 0.25) is 11.9 Å². The molecule has 3 rings (SSSR count). The second-order valence-corrected chi connectivity index (χ2v) is 6.07. The van der Waals surface area contributed by atoms with E-state index in [9.17, 15) is 4.79 Å². The molecule has 0 aliphatic carbocycles. The Kier molecular flexibility index (Phi) is 6.06. The standard InChI is InChI=1S/C20H21N5O2/c1-14(2)27-13-17(26)22-20-24-18(15-9-5-3-6-10-15)23-19(25-20)21-16-11-7-4-8-12-16/h3-12,14H,13H2,1-2H3,(H2,21,22,23,24,25,26). The van der Waals surface area contributed by atoms with Crippen LogP contribution in [0.5, 0.6) is 0 Å². The summed E-state index contributed by atoms with van der Waals surface area (Å²) in [5.74, 6) is 0.651. The third kappa shape index (κ3) is 5.58. The lowest BCUT2D eigenvalue weighted by molar-refractivity contribution is -0.122. The van der Waals surface area contributed by atoms with Crippen LogP contribution in [0.15, 0.2) is 60.7 Å². The maximum atomic E-state index is 12.1. The minimum Gasteiger partial charge on any atom is -0.369 e. The number of carbonyl (C=O) groups is 1. The van der Waals surface area contributed by atoms with Gasteiger partial charge < -0.3 is 10.1 Å². The first-order valence-corrected chi connectivity index (χ1v) is 8.65. The highest BCUT2D eigenvalue weighted by molar-refractivity contribution is 5.90. The highest BCUT2D eigenvalue weighted by Crippen LogP contribution is 2.19. The van der Waals surface area contributed by atoms with Crippen molar-refractivity contribution in [1.29, 1.82) is 0 Å². The molecule has 0 saturated heterocycles. The molecule has 1 aromatic heterocycles. The Labute approximate surface area is 157 Å². The lowest BCUT2D eigenvalue weighted by Gasteiger charge is -2.11. The number of hydrogen-bond donors (Lipinski definition) is 2. The molecular formula is C20H21N5O2. The molecule has 2 N–H and O–H groups in total. The fourth-order valence-electron chi connectivity index (χ4n) is 2.26. The molecule has 0 radical (unpaired) electrons. The number of rotatable bonds is 7. The maximum absolute atomic E-state index is 12.1. The van der Waals surface area contributed by atoms with Gasteiger partial charge in [0.25, 0.3) is 5.91 Å². The van der Waals surface area contributed by atoms with Crippen molar-refractivity contribution in [2.24, 2.45) is 0 Å². The Balaban J connectivity index is 1.87. The number of para-hydroxylation sites is 1. The largest absolute Gasteiger partial charge is 0.369 e. The number of aromatic nitrogens is 3. The van der Waals surface area contributed by atoms with Gasteiger partial charge in [0, 0.05) is 11.3 Å². The summed E-state index contributed by atoms with van der Waals surface area (Å²) in [4.78, 5) is 25.2. The molecule has 0 aliphatic rings. The van der Waals surface area contributed by atoms with Gasteiger partial charge in [-0.3, -0.25) is 10.1 Å². The van der Waals surface area contributed by atoms with E-state index in [1.807, 2.05) is 74.5 Å². The van der Waals surface area contributed by atoms with Crippen LogP contribution in [-0.4, -0.2) is 33.6 Å². The minimum absolute atomic E-state index is 0.0377. The molecule has 2 aromatic carbocycles. The first-order valence-electron chi connectivity index (χ1n) is 8.65. The van der Waals surface area contributed by atoms with Crippen molar-refractivity contribution >= 4 is 23.5 Å². The number of benzene rings is 2. The Morgan fingerprint density at radius 3 is 2.22 bits per heavy atom. The highest BCUT2D eigenvalue weighted by atomic mass is 16.5. The number of nitrogens with zero attached hydrogens (tertiary/aromatic N) is 3. The number of ether oxygens (including phenoxy) is 1. The van der Waals surface area contributed by atoms with E-state index in [2.05, 4.69) is 25.6 Å². The number of anilines is 3. The van der Waals surface area contributed by atoms with Gasteiger partial charge in [0.1, 0.15) is 6.61 Å². The van der Waals surface area contributed by atoms with E-state index in [1.54, 1.807) is 0 Å². The van der Waals surface area contributed by atoms with Crippen molar-refractivity contribution in [1.82, 2.24) is 15.0 Å².